The summed E-state index contributed by atoms with van der Waals surface area (Å²) >= 11 is 0. The van der Waals surface area contributed by atoms with E-state index >= 15 is 0 Å². The number of phenols is 1. The van der Waals surface area contributed by atoms with Crippen molar-refractivity contribution in [3.8, 4) is 11.5 Å². The molecule has 0 radical (unpaired) electrons. The summed E-state index contributed by atoms with van der Waals surface area (Å²) in [6.45, 7) is 0.546. The predicted octanol–water partition coefficient (Wildman–Crippen LogP) is 5.01. The van der Waals surface area contributed by atoms with Crippen molar-refractivity contribution in [2.45, 2.75) is 32.1 Å². The van der Waals surface area contributed by atoms with Crippen molar-refractivity contribution in [3.05, 3.63) is 95.1 Å². The minimum atomic E-state index is -0.783. The fourth-order valence-electron chi connectivity index (χ4n) is 3.20. The standard InChI is InChI=1S/C25H26O4/c26-23-14-12-22(17-21-10-8-20(9-11-21)13-15-25(27)28)18-24(23)29-16-4-7-19-5-2-1-3-6-19/h1-3,5-6,8-12,14,18,26H,4,7,13,15-17H2,(H,27,28). The van der Waals surface area contributed by atoms with Gasteiger partial charge in [0.05, 0.1) is 6.61 Å². The molecule has 0 aliphatic heterocycles. The Morgan fingerprint density at radius 2 is 1.45 bits per heavy atom. The average molecular weight is 390 g/mol. The molecule has 2 N–H and O–H groups in total. The third kappa shape index (κ3) is 6.68. The van der Waals surface area contributed by atoms with Gasteiger partial charge in [-0.15, -0.1) is 0 Å². The minimum Gasteiger partial charge on any atom is -0.504 e. The first-order valence-corrected chi connectivity index (χ1v) is 9.88. The van der Waals surface area contributed by atoms with Gasteiger partial charge in [-0.2, -0.15) is 0 Å². The molecule has 3 aromatic rings. The van der Waals surface area contributed by atoms with Crippen LogP contribution < -0.4 is 4.74 Å². The summed E-state index contributed by atoms with van der Waals surface area (Å²) in [7, 11) is 0. The number of ether oxygens (including phenoxy) is 1. The molecule has 0 unspecified atom stereocenters. The van der Waals surface area contributed by atoms with E-state index in [1.54, 1.807) is 6.07 Å². The number of carboxylic acids is 1. The number of phenolic OH excluding ortho intramolecular Hbond substituents is 1. The van der Waals surface area contributed by atoms with E-state index in [-0.39, 0.29) is 12.2 Å². The van der Waals surface area contributed by atoms with Crippen LogP contribution in [0.5, 0.6) is 11.5 Å². The van der Waals surface area contributed by atoms with Gasteiger partial charge in [-0.25, -0.2) is 0 Å². The zero-order valence-corrected chi connectivity index (χ0v) is 16.4. The highest BCUT2D eigenvalue weighted by molar-refractivity contribution is 5.67. The number of benzene rings is 3. The molecule has 0 amide bonds. The van der Waals surface area contributed by atoms with Gasteiger partial charge in [-0.1, -0.05) is 60.7 Å². The summed E-state index contributed by atoms with van der Waals surface area (Å²) in [6.07, 6.45) is 3.22. The lowest BCUT2D eigenvalue weighted by Gasteiger charge is -2.11. The number of carboxylic acid groups (broad SMARTS) is 1. The predicted molar refractivity (Wildman–Crippen MR) is 114 cm³/mol. The van der Waals surface area contributed by atoms with Crippen LogP contribution in [0.1, 0.15) is 35.1 Å². The Bertz CT molecular complexity index is 917. The molecule has 0 saturated heterocycles. The fourth-order valence-corrected chi connectivity index (χ4v) is 3.20. The van der Waals surface area contributed by atoms with E-state index in [9.17, 15) is 9.90 Å². The van der Waals surface area contributed by atoms with Crippen LogP contribution in [0.2, 0.25) is 0 Å². The Morgan fingerprint density at radius 3 is 2.17 bits per heavy atom. The van der Waals surface area contributed by atoms with Crippen LogP contribution in [0.3, 0.4) is 0 Å². The Kier molecular flexibility index (Phi) is 7.28. The second-order valence-electron chi connectivity index (χ2n) is 7.13. The maximum Gasteiger partial charge on any atom is 0.303 e. The largest absolute Gasteiger partial charge is 0.504 e. The van der Waals surface area contributed by atoms with Crippen molar-refractivity contribution >= 4 is 5.97 Å². The Balaban J connectivity index is 1.53. The lowest BCUT2D eigenvalue weighted by atomic mass is 10.0. The highest BCUT2D eigenvalue weighted by atomic mass is 16.5. The number of aryl methyl sites for hydroxylation is 2. The SMILES string of the molecule is O=C(O)CCc1ccc(Cc2ccc(O)c(OCCCc3ccccc3)c2)cc1. The molecule has 0 spiro atoms. The second-order valence-corrected chi connectivity index (χ2v) is 7.13. The maximum absolute atomic E-state index is 10.7. The third-order valence-electron chi connectivity index (χ3n) is 4.79. The molecule has 0 bridgehead atoms. The number of aromatic hydroxyl groups is 1. The highest BCUT2D eigenvalue weighted by Crippen LogP contribution is 2.28. The number of hydrogen-bond acceptors (Lipinski definition) is 3. The van der Waals surface area contributed by atoms with E-state index in [1.807, 2.05) is 54.6 Å². The van der Waals surface area contributed by atoms with Gasteiger partial charge < -0.3 is 14.9 Å². The first kappa shape index (κ1) is 20.5. The van der Waals surface area contributed by atoms with Gasteiger partial charge in [0.25, 0.3) is 0 Å². The van der Waals surface area contributed by atoms with E-state index in [0.29, 0.717) is 18.8 Å². The van der Waals surface area contributed by atoms with Crippen LogP contribution in [-0.2, 0) is 24.1 Å². The molecule has 29 heavy (non-hydrogen) atoms. The summed E-state index contributed by atoms with van der Waals surface area (Å²) < 4.78 is 5.80. The molecule has 0 atom stereocenters. The molecule has 150 valence electrons. The molecular formula is C25H26O4. The second kappa shape index (κ2) is 10.3. The smallest absolute Gasteiger partial charge is 0.303 e. The minimum absolute atomic E-state index is 0.141. The molecule has 0 heterocycles. The first-order chi connectivity index (χ1) is 14.1. The first-order valence-electron chi connectivity index (χ1n) is 9.88. The van der Waals surface area contributed by atoms with Crippen LogP contribution in [0, 0.1) is 0 Å². The van der Waals surface area contributed by atoms with Crippen LogP contribution in [0.15, 0.2) is 72.8 Å². The molecule has 4 heteroatoms. The van der Waals surface area contributed by atoms with Crippen molar-refractivity contribution in [2.75, 3.05) is 6.61 Å². The third-order valence-corrected chi connectivity index (χ3v) is 4.79. The zero-order chi connectivity index (χ0) is 20.5. The van der Waals surface area contributed by atoms with Gasteiger partial charge in [0.2, 0.25) is 0 Å². The zero-order valence-electron chi connectivity index (χ0n) is 16.4. The number of carbonyl (C=O) groups is 1. The van der Waals surface area contributed by atoms with Crippen molar-refractivity contribution in [1.82, 2.24) is 0 Å². The summed E-state index contributed by atoms with van der Waals surface area (Å²) in [4.78, 5) is 10.7. The lowest BCUT2D eigenvalue weighted by molar-refractivity contribution is -0.136. The Hall–Kier alpha value is -3.27. The Labute approximate surface area is 171 Å². The maximum atomic E-state index is 10.7. The van der Waals surface area contributed by atoms with Gasteiger partial charge in [0.15, 0.2) is 11.5 Å². The van der Waals surface area contributed by atoms with Gasteiger partial charge in [0, 0.05) is 6.42 Å². The fraction of sp³-hybridized carbons (Fsp3) is 0.240. The van der Waals surface area contributed by atoms with Crippen molar-refractivity contribution in [3.63, 3.8) is 0 Å². The molecule has 0 aromatic heterocycles. The summed E-state index contributed by atoms with van der Waals surface area (Å²) in [5.41, 5.74) is 4.48. The van der Waals surface area contributed by atoms with Gasteiger partial charge >= 0.3 is 5.97 Å². The molecule has 0 aliphatic carbocycles. The van der Waals surface area contributed by atoms with Crippen LogP contribution in [0.25, 0.3) is 0 Å². The average Bonchev–Trinajstić information content (AvgIpc) is 2.73. The van der Waals surface area contributed by atoms with E-state index in [4.69, 9.17) is 9.84 Å². The van der Waals surface area contributed by atoms with Crippen molar-refractivity contribution in [2.24, 2.45) is 0 Å². The van der Waals surface area contributed by atoms with Gasteiger partial charge in [0.1, 0.15) is 0 Å². The number of rotatable bonds is 10. The molecule has 4 nitrogen and oxygen atoms in total. The van der Waals surface area contributed by atoms with Gasteiger partial charge in [-0.3, -0.25) is 4.79 Å². The summed E-state index contributed by atoms with van der Waals surface area (Å²) in [5.74, 6) is -0.124. The van der Waals surface area contributed by atoms with E-state index in [2.05, 4.69) is 12.1 Å². The summed E-state index contributed by atoms with van der Waals surface area (Å²) in [5, 5.41) is 18.9. The normalized spacial score (nSPS) is 10.6. The van der Waals surface area contributed by atoms with Gasteiger partial charge in [-0.05, 0) is 60.1 Å². The summed E-state index contributed by atoms with van der Waals surface area (Å²) in [6, 6.07) is 23.7. The molecule has 0 saturated carbocycles. The topological polar surface area (TPSA) is 66.8 Å². The molecule has 3 aromatic carbocycles. The van der Waals surface area contributed by atoms with E-state index < -0.39 is 5.97 Å². The molecule has 3 rings (SSSR count). The van der Waals surface area contributed by atoms with Crippen LogP contribution in [-0.4, -0.2) is 22.8 Å². The highest BCUT2D eigenvalue weighted by Gasteiger charge is 2.06. The monoisotopic (exact) mass is 390 g/mol. The Morgan fingerprint density at radius 1 is 0.793 bits per heavy atom. The van der Waals surface area contributed by atoms with Crippen LogP contribution >= 0.6 is 0 Å². The lowest BCUT2D eigenvalue weighted by Crippen LogP contribution is -2.00. The molecule has 0 aliphatic rings. The van der Waals surface area contributed by atoms with E-state index in [0.717, 1.165) is 36.0 Å². The quantitative estimate of drug-likeness (QED) is 0.478. The molecule has 0 fully saturated rings. The number of hydrogen-bond donors (Lipinski definition) is 2. The van der Waals surface area contributed by atoms with E-state index in [1.165, 1.54) is 5.56 Å². The van der Waals surface area contributed by atoms with Crippen molar-refractivity contribution < 1.29 is 19.7 Å². The number of aliphatic carboxylic acids is 1. The van der Waals surface area contributed by atoms with Crippen molar-refractivity contribution in [1.29, 1.82) is 0 Å². The van der Waals surface area contributed by atoms with Crippen LogP contribution in [0.4, 0.5) is 0 Å². The molecular weight excluding hydrogens is 364 g/mol.